The molecule has 0 aromatic heterocycles. The van der Waals surface area contributed by atoms with Crippen LogP contribution in [0.5, 0.6) is 5.75 Å². The molecule has 118 valence electrons. The zero-order valence-electron chi connectivity index (χ0n) is 13.8. The Hall–Kier alpha value is -1.83. The fourth-order valence-electron chi connectivity index (χ4n) is 2.98. The number of hydrogen-bond donors (Lipinski definition) is 0. The summed E-state index contributed by atoms with van der Waals surface area (Å²) in [5, 5.41) is 2.16. The zero-order chi connectivity index (χ0) is 15.9. The first-order valence-electron chi connectivity index (χ1n) is 8.41. The lowest BCUT2D eigenvalue weighted by Crippen LogP contribution is -2.23. The van der Waals surface area contributed by atoms with Crippen LogP contribution in [0.25, 0.3) is 10.8 Å². The first kappa shape index (κ1) is 16.5. The molecule has 1 fully saturated rings. The van der Waals surface area contributed by atoms with E-state index in [0.717, 1.165) is 41.6 Å². The Kier molecular flexibility index (Phi) is 6.00. The summed E-state index contributed by atoms with van der Waals surface area (Å²) in [6.07, 6.45) is 6.02. The predicted molar refractivity (Wildman–Crippen MR) is 92.7 cm³/mol. The Morgan fingerprint density at radius 3 is 2.45 bits per heavy atom. The molecule has 22 heavy (non-hydrogen) atoms. The molecule has 0 unspecified atom stereocenters. The van der Waals surface area contributed by atoms with E-state index in [1.807, 2.05) is 50.2 Å². The predicted octanol–water partition coefficient (Wildman–Crippen LogP) is 5.64. The number of fused-ring (bicyclic) bond motifs is 1. The molecular weight excluding hydrogens is 272 g/mol. The van der Waals surface area contributed by atoms with Gasteiger partial charge in [0, 0.05) is 10.9 Å². The van der Waals surface area contributed by atoms with E-state index in [1.54, 1.807) is 0 Å². The van der Waals surface area contributed by atoms with E-state index in [4.69, 9.17) is 4.74 Å². The summed E-state index contributed by atoms with van der Waals surface area (Å²) in [5.41, 5.74) is 0.709. The van der Waals surface area contributed by atoms with Crippen molar-refractivity contribution in [1.29, 1.82) is 0 Å². The quantitative estimate of drug-likeness (QED) is 0.686. The Bertz CT molecular complexity index is 610. The van der Waals surface area contributed by atoms with Gasteiger partial charge >= 0.3 is 0 Å². The highest BCUT2D eigenvalue weighted by Gasteiger charge is 2.20. The molecule has 0 saturated heterocycles. The molecule has 2 nitrogen and oxygen atoms in total. The highest BCUT2D eigenvalue weighted by molar-refractivity contribution is 5.92. The summed E-state index contributed by atoms with van der Waals surface area (Å²) >= 11 is 0. The summed E-state index contributed by atoms with van der Waals surface area (Å²) in [5.74, 6) is 1.78. The lowest BCUT2D eigenvalue weighted by Gasteiger charge is -2.27. The second kappa shape index (κ2) is 7.98. The molecule has 3 rings (SSSR count). The topological polar surface area (TPSA) is 26.3 Å². The molecule has 0 bridgehead atoms. The molecule has 0 radical (unpaired) electrons. The van der Waals surface area contributed by atoms with Gasteiger partial charge in [0.1, 0.15) is 12.0 Å². The van der Waals surface area contributed by atoms with Gasteiger partial charge < -0.3 is 4.74 Å². The Morgan fingerprint density at radius 1 is 1.05 bits per heavy atom. The fourth-order valence-corrected chi connectivity index (χ4v) is 2.98. The van der Waals surface area contributed by atoms with Crippen molar-refractivity contribution >= 4 is 17.1 Å². The molecule has 1 aliphatic rings. The molecule has 0 atom stereocenters. The van der Waals surface area contributed by atoms with Crippen molar-refractivity contribution in [1.82, 2.24) is 0 Å². The van der Waals surface area contributed by atoms with Gasteiger partial charge in [-0.3, -0.25) is 4.79 Å². The van der Waals surface area contributed by atoms with E-state index in [0.29, 0.717) is 11.7 Å². The van der Waals surface area contributed by atoms with Crippen LogP contribution in [-0.4, -0.2) is 12.4 Å². The summed E-state index contributed by atoms with van der Waals surface area (Å²) < 4.78 is 6.20. The van der Waals surface area contributed by atoms with E-state index < -0.39 is 0 Å². The molecule has 1 saturated carbocycles. The van der Waals surface area contributed by atoms with Crippen LogP contribution in [0, 0.1) is 5.92 Å². The summed E-state index contributed by atoms with van der Waals surface area (Å²) in [7, 11) is 0. The van der Waals surface area contributed by atoms with E-state index in [-0.39, 0.29) is 0 Å². The molecule has 0 aliphatic heterocycles. The van der Waals surface area contributed by atoms with Crippen molar-refractivity contribution in [3.05, 3.63) is 42.0 Å². The van der Waals surface area contributed by atoms with Crippen LogP contribution in [0.2, 0.25) is 0 Å². The minimum Gasteiger partial charge on any atom is -0.490 e. The van der Waals surface area contributed by atoms with Crippen LogP contribution in [0.4, 0.5) is 0 Å². The number of carbonyl (C=O) groups is 1. The molecule has 0 amide bonds. The zero-order valence-corrected chi connectivity index (χ0v) is 13.8. The maximum atomic E-state index is 10.9. The molecule has 0 N–H and O–H groups in total. The third-order valence-corrected chi connectivity index (χ3v) is 4.26. The van der Waals surface area contributed by atoms with Crippen LogP contribution >= 0.6 is 0 Å². The van der Waals surface area contributed by atoms with E-state index in [1.165, 1.54) is 12.8 Å². The number of ether oxygens (including phenoxy) is 1. The van der Waals surface area contributed by atoms with Gasteiger partial charge in [0.15, 0.2) is 0 Å². The van der Waals surface area contributed by atoms with Crippen LogP contribution in [0.3, 0.4) is 0 Å². The highest BCUT2D eigenvalue weighted by Crippen LogP contribution is 2.31. The van der Waals surface area contributed by atoms with Gasteiger partial charge in [-0.15, -0.1) is 0 Å². The van der Waals surface area contributed by atoms with E-state index in [2.05, 4.69) is 6.92 Å². The number of benzene rings is 2. The summed E-state index contributed by atoms with van der Waals surface area (Å²) in [4.78, 5) is 10.9. The Balaban J connectivity index is 0.000000847. The number of hydrogen-bond acceptors (Lipinski definition) is 2. The monoisotopic (exact) mass is 298 g/mol. The molecular formula is C20H26O2. The fraction of sp³-hybridized carbons (Fsp3) is 0.450. The first-order chi connectivity index (χ1) is 10.8. The van der Waals surface area contributed by atoms with Crippen molar-refractivity contribution in [3.8, 4) is 5.75 Å². The molecule has 1 aliphatic carbocycles. The van der Waals surface area contributed by atoms with Gasteiger partial charge in [0.25, 0.3) is 0 Å². The SMILES string of the molecule is CC.CC1CCC(Oc2cccc3cc(C=O)ccc23)CC1. The van der Waals surface area contributed by atoms with Crippen LogP contribution in [0.1, 0.15) is 56.8 Å². The van der Waals surface area contributed by atoms with Gasteiger partial charge in [0.2, 0.25) is 0 Å². The van der Waals surface area contributed by atoms with Gasteiger partial charge in [-0.05, 0) is 55.2 Å². The molecule has 2 heteroatoms. The van der Waals surface area contributed by atoms with Crippen LogP contribution in [-0.2, 0) is 0 Å². The van der Waals surface area contributed by atoms with E-state index >= 15 is 0 Å². The Labute approximate surface area is 133 Å². The number of carbonyl (C=O) groups excluding carboxylic acids is 1. The third kappa shape index (κ3) is 3.88. The van der Waals surface area contributed by atoms with Crippen molar-refractivity contribution in [2.24, 2.45) is 5.92 Å². The lowest BCUT2D eigenvalue weighted by molar-refractivity contribution is 0.112. The van der Waals surface area contributed by atoms with E-state index in [9.17, 15) is 4.79 Å². The second-order valence-electron chi connectivity index (χ2n) is 5.85. The maximum absolute atomic E-state index is 10.9. The standard InChI is InChI=1S/C18H20O2.C2H6/c1-13-5-8-16(9-6-13)20-18-4-2-3-15-11-14(12-19)7-10-17(15)18;1-2/h2-4,7,10-13,16H,5-6,8-9H2,1H3;1-2H3. The van der Waals surface area contributed by atoms with Gasteiger partial charge in [-0.1, -0.05) is 39.0 Å². The average Bonchev–Trinajstić information content (AvgIpc) is 2.58. The van der Waals surface area contributed by atoms with Gasteiger partial charge in [0.05, 0.1) is 6.10 Å². The molecule has 2 aromatic carbocycles. The Morgan fingerprint density at radius 2 is 1.77 bits per heavy atom. The molecule has 0 heterocycles. The minimum absolute atomic E-state index is 0.336. The van der Waals surface area contributed by atoms with Crippen molar-refractivity contribution < 1.29 is 9.53 Å². The van der Waals surface area contributed by atoms with Crippen molar-refractivity contribution in [2.45, 2.75) is 52.6 Å². The van der Waals surface area contributed by atoms with Crippen molar-refractivity contribution in [3.63, 3.8) is 0 Å². The van der Waals surface area contributed by atoms with Crippen LogP contribution in [0.15, 0.2) is 36.4 Å². The van der Waals surface area contributed by atoms with Gasteiger partial charge in [-0.25, -0.2) is 0 Å². The summed E-state index contributed by atoms with van der Waals surface area (Å²) in [6.45, 7) is 6.31. The average molecular weight is 298 g/mol. The lowest BCUT2D eigenvalue weighted by atomic mass is 9.89. The number of rotatable bonds is 3. The minimum atomic E-state index is 0.336. The normalized spacial score (nSPS) is 20.9. The van der Waals surface area contributed by atoms with Gasteiger partial charge in [-0.2, -0.15) is 0 Å². The maximum Gasteiger partial charge on any atom is 0.150 e. The second-order valence-corrected chi connectivity index (χ2v) is 5.85. The molecule has 0 spiro atoms. The van der Waals surface area contributed by atoms with Crippen molar-refractivity contribution in [2.75, 3.05) is 0 Å². The highest BCUT2D eigenvalue weighted by atomic mass is 16.5. The largest absolute Gasteiger partial charge is 0.490 e. The summed E-state index contributed by atoms with van der Waals surface area (Å²) in [6, 6.07) is 11.8. The third-order valence-electron chi connectivity index (χ3n) is 4.26. The van der Waals surface area contributed by atoms with Crippen LogP contribution < -0.4 is 4.74 Å². The number of aldehydes is 1. The smallest absolute Gasteiger partial charge is 0.150 e. The molecule has 2 aromatic rings. The first-order valence-corrected chi connectivity index (χ1v) is 8.41.